The number of fused-ring (bicyclic) bond motifs is 1. The fourth-order valence-electron chi connectivity index (χ4n) is 2.45. The second-order valence-corrected chi connectivity index (χ2v) is 7.62. The van der Waals surface area contributed by atoms with Crippen LogP contribution >= 0.6 is 11.6 Å². The molecule has 1 aromatic heterocycles. The monoisotopic (exact) mass is 416 g/mol. The lowest BCUT2D eigenvalue weighted by molar-refractivity contribution is -0.0446. The third-order valence-corrected chi connectivity index (χ3v) is 5.40. The first-order valence-electron chi connectivity index (χ1n) is 7.48. The molecule has 0 spiro atoms. The zero-order chi connectivity index (χ0) is 19.8. The van der Waals surface area contributed by atoms with Gasteiger partial charge < -0.3 is 4.74 Å². The summed E-state index contributed by atoms with van der Waals surface area (Å²) >= 11 is 5.77. The Morgan fingerprint density at radius 1 is 1.19 bits per heavy atom. The molecule has 3 aromatic rings. The van der Waals surface area contributed by atoms with Crippen molar-refractivity contribution in [3.63, 3.8) is 0 Å². The molecule has 1 heterocycles. The lowest BCUT2D eigenvalue weighted by atomic mass is 10.2. The van der Waals surface area contributed by atoms with Crippen molar-refractivity contribution in [2.24, 2.45) is 0 Å². The molecule has 0 aliphatic carbocycles. The molecule has 0 aliphatic rings. The van der Waals surface area contributed by atoms with Crippen LogP contribution in [0.4, 0.5) is 13.2 Å². The summed E-state index contributed by atoms with van der Waals surface area (Å²) in [5.41, 5.74) is -5.23. The quantitative estimate of drug-likeness (QED) is 0.609. The normalized spacial score (nSPS) is 12.3. The predicted octanol–water partition coefficient (Wildman–Crippen LogP) is 4.61. The van der Waals surface area contributed by atoms with Gasteiger partial charge in [0, 0.05) is 10.6 Å². The second kappa shape index (κ2) is 6.90. The topological polar surface area (TPSA) is 61.2 Å². The number of halogens is 4. The van der Waals surface area contributed by atoms with Crippen LogP contribution in [0.3, 0.4) is 0 Å². The van der Waals surface area contributed by atoms with E-state index in [2.05, 4.69) is 11.6 Å². The molecule has 10 heteroatoms. The SMILES string of the molecule is C=Cc1cccc2c1nc(COc1ccc(Cl)cc1)n2S(=O)(=O)C(F)(F)F. The van der Waals surface area contributed by atoms with Gasteiger partial charge in [0.15, 0.2) is 5.82 Å². The average Bonchev–Trinajstić information content (AvgIpc) is 2.99. The minimum atomic E-state index is -5.71. The molecule has 0 fully saturated rings. The van der Waals surface area contributed by atoms with Gasteiger partial charge in [0.2, 0.25) is 0 Å². The smallest absolute Gasteiger partial charge is 0.486 e. The van der Waals surface area contributed by atoms with Gasteiger partial charge in [0.1, 0.15) is 12.4 Å². The van der Waals surface area contributed by atoms with E-state index in [0.29, 0.717) is 16.3 Å². The minimum Gasteiger partial charge on any atom is -0.486 e. The fourth-order valence-corrected chi connectivity index (χ4v) is 3.56. The molecule has 142 valence electrons. The molecule has 27 heavy (non-hydrogen) atoms. The number of ether oxygens (including phenoxy) is 1. The summed E-state index contributed by atoms with van der Waals surface area (Å²) in [6, 6.07) is 10.3. The maximum Gasteiger partial charge on any atom is 0.517 e. The van der Waals surface area contributed by atoms with Gasteiger partial charge in [-0.15, -0.1) is 0 Å². The summed E-state index contributed by atoms with van der Waals surface area (Å²) in [5.74, 6) is -0.113. The zero-order valence-electron chi connectivity index (χ0n) is 13.6. The number of para-hydroxylation sites is 1. The highest BCUT2D eigenvalue weighted by Crippen LogP contribution is 2.31. The maximum atomic E-state index is 13.2. The van der Waals surface area contributed by atoms with E-state index in [0.717, 1.165) is 0 Å². The average molecular weight is 417 g/mol. The van der Waals surface area contributed by atoms with E-state index in [-0.39, 0.29) is 15.0 Å². The molecule has 0 radical (unpaired) electrons. The molecule has 0 bridgehead atoms. The first-order valence-corrected chi connectivity index (χ1v) is 9.30. The van der Waals surface area contributed by atoms with Gasteiger partial charge in [0.05, 0.1) is 11.0 Å². The van der Waals surface area contributed by atoms with Crippen LogP contribution < -0.4 is 4.74 Å². The van der Waals surface area contributed by atoms with Crippen LogP contribution in [-0.2, 0) is 16.6 Å². The number of hydrogen-bond acceptors (Lipinski definition) is 4. The van der Waals surface area contributed by atoms with Crippen molar-refractivity contribution in [3.8, 4) is 5.75 Å². The van der Waals surface area contributed by atoms with Crippen molar-refractivity contribution in [1.29, 1.82) is 0 Å². The van der Waals surface area contributed by atoms with Gasteiger partial charge in [-0.25, -0.2) is 8.96 Å². The molecule has 5 nitrogen and oxygen atoms in total. The van der Waals surface area contributed by atoms with E-state index in [4.69, 9.17) is 16.3 Å². The van der Waals surface area contributed by atoms with Gasteiger partial charge in [-0.3, -0.25) is 0 Å². The van der Waals surface area contributed by atoms with Crippen LogP contribution in [0.15, 0.2) is 49.0 Å². The molecule has 0 amide bonds. The first kappa shape index (κ1) is 19.2. The number of imidazole rings is 1. The van der Waals surface area contributed by atoms with E-state index >= 15 is 0 Å². The third-order valence-electron chi connectivity index (χ3n) is 3.67. The number of nitrogens with zero attached hydrogens (tertiary/aromatic N) is 2. The van der Waals surface area contributed by atoms with Crippen LogP contribution in [0.1, 0.15) is 11.4 Å². The summed E-state index contributed by atoms with van der Waals surface area (Å²) in [6.07, 6.45) is 1.38. The molecule has 3 rings (SSSR count). The zero-order valence-corrected chi connectivity index (χ0v) is 15.1. The van der Waals surface area contributed by atoms with E-state index in [1.807, 2.05) is 0 Å². The van der Waals surface area contributed by atoms with Gasteiger partial charge in [-0.1, -0.05) is 36.4 Å². The molecule has 0 unspecified atom stereocenters. The minimum absolute atomic E-state index is 0.0787. The third kappa shape index (κ3) is 3.52. The van der Waals surface area contributed by atoms with Crippen molar-refractivity contribution in [2.75, 3.05) is 0 Å². The van der Waals surface area contributed by atoms with E-state index in [9.17, 15) is 21.6 Å². The Hall–Kier alpha value is -2.52. The number of alkyl halides is 3. The molecule has 0 saturated heterocycles. The first-order chi connectivity index (χ1) is 12.6. The van der Waals surface area contributed by atoms with Crippen molar-refractivity contribution in [2.45, 2.75) is 12.1 Å². The van der Waals surface area contributed by atoms with Crippen LogP contribution in [-0.4, -0.2) is 22.9 Å². The van der Waals surface area contributed by atoms with Gasteiger partial charge >= 0.3 is 15.5 Å². The van der Waals surface area contributed by atoms with Crippen LogP contribution in [0, 0.1) is 0 Å². The Bertz CT molecular complexity index is 1110. The highest BCUT2D eigenvalue weighted by atomic mass is 35.5. The molecule has 0 aliphatic heterocycles. The summed E-state index contributed by atoms with van der Waals surface area (Å²) < 4.78 is 69.3. The van der Waals surface area contributed by atoms with E-state index < -0.39 is 28.0 Å². The Morgan fingerprint density at radius 2 is 1.85 bits per heavy atom. The molecule has 0 atom stereocenters. The van der Waals surface area contributed by atoms with Crippen molar-refractivity contribution < 1.29 is 26.3 Å². The largest absolute Gasteiger partial charge is 0.517 e. The Balaban J connectivity index is 2.14. The number of rotatable bonds is 5. The lowest BCUT2D eigenvalue weighted by Crippen LogP contribution is -2.31. The number of hydrogen-bond donors (Lipinski definition) is 0. The Kier molecular flexibility index (Phi) is 4.92. The van der Waals surface area contributed by atoms with Gasteiger partial charge in [-0.2, -0.15) is 21.6 Å². The summed E-state index contributed by atoms with van der Waals surface area (Å²) in [7, 11) is -5.71. The summed E-state index contributed by atoms with van der Waals surface area (Å²) in [5, 5.41) is 0.449. The van der Waals surface area contributed by atoms with Crippen LogP contribution in [0.25, 0.3) is 17.1 Å². The van der Waals surface area contributed by atoms with Gasteiger partial charge in [0.25, 0.3) is 0 Å². The molecule has 0 saturated carbocycles. The van der Waals surface area contributed by atoms with E-state index in [1.165, 1.54) is 42.5 Å². The van der Waals surface area contributed by atoms with Crippen molar-refractivity contribution in [3.05, 3.63) is 65.5 Å². The summed E-state index contributed by atoms with van der Waals surface area (Å²) in [6.45, 7) is 3.07. The molecule has 2 aromatic carbocycles. The van der Waals surface area contributed by atoms with Crippen molar-refractivity contribution >= 4 is 38.7 Å². The number of benzene rings is 2. The van der Waals surface area contributed by atoms with Crippen LogP contribution in [0.5, 0.6) is 5.75 Å². The number of aromatic nitrogens is 2. The van der Waals surface area contributed by atoms with Crippen LogP contribution in [0.2, 0.25) is 5.02 Å². The van der Waals surface area contributed by atoms with Crippen molar-refractivity contribution in [1.82, 2.24) is 8.96 Å². The predicted molar refractivity (Wildman–Crippen MR) is 96.0 cm³/mol. The molecule has 0 N–H and O–H groups in total. The highest BCUT2D eigenvalue weighted by molar-refractivity contribution is 7.91. The molecular weight excluding hydrogens is 405 g/mol. The standard InChI is InChI=1S/C17H12ClF3N2O3S/c1-2-11-4-3-5-14-16(11)22-15(23(14)27(24,25)17(19,20)21)10-26-13-8-6-12(18)7-9-13/h2-9H,1,10H2. The van der Waals surface area contributed by atoms with E-state index in [1.54, 1.807) is 6.07 Å². The Morgan fingerprint density at radius 3 is 2.44 bits per heavy atom. The lowest BCUT2D eigenvalue weighted by Gasteiger charge is -2.13. The maximum absolute atomic E-state index is 13.2. The second-order valence-electron chi connectivity index (χ2n) is 5.40. The fraction of sp³-hybridized carbons (Fsp3) is 0.118. The highest BCUT2D eigenvalue weighted by Gasteiger charge is 2.49. The Labute approximate surface area is 157 Å². The summed E-state index contributed by atoms with van der Waals surface area (Å²) in [4.78, 5) is 4.06. The van der Waals surface area contributed by atoms with Gasteiger partial charge in [-0.05, 0) is 30.3 Å². The molecular formula is C17H12ClF3N2O3S.